The maximum Gasteiger partial charge on any atom is 0.0466 e. The lowest BCUT2D eigenvalue weighted by molar-refractivity contribution is 0.143. The molecule has 3 heteroatoms. The average molecular weight is 216 g/mol. The fourth-order valence-electron chi connectivity index (χ4n) is 1.24. The summed E-state index contributed by atoms with van der Waals surface area (Å²) in [5.74, 6) is 0. The van der Waals surface area contributed by atoms with Gasteiger partial charge in [0.15, 0.2) is 0 Å². The van der Waals surface area contributed by atoms with Crippen LogP contribution in [0, 0.1) is 0 Å². The van der Waals surface area contributed by atoms with E-state index in [1.807, 2.05) is 6.92 Å². The van der Waals surface area contributed by atoms with Gasteiger partial charge in [-0.05, 0) is 47.2 Å². The molecule has 0 aromatic heterocycles. The zero-order chi connectivity index (χ0) is 11.5. The van der Waals surface area contributed by atoms with Crippen LogP contribution < -0.4 is 5.32 Å². The Morgan fingerprint density at radius 3 is 2.53 bits per heavy atom. The molecule has 1 N–H and O–H groups in total. The molecule has 0 aliphatic heterocycles. The van der Waals surface area contributed by atoms with Crippen LogP contribution in [-0.2, 0) is 4.74 Å². The topological polar surface area (TPSA) is 24.5 Å². The van der Waals surface area contributed by atoms with Gasteiger partial charge in [0, 0.05) is 32.3 Å². The largest absolute Gasteiger partial charge is 0.382 e. The molecule has 3 nitrogen and oxygen atoms in total. The van der Waals surface area contributed by atoms with Crippen LogP contribution in [0.4, 0.5) is 0 Å². The molecular weight excluding hydrogens is 188 g/mol. The zero-order valence-corrected chi connectivity index (χ0v) is 10.9. The fraction of sp³-hybridized carbons (Fsp3) is 1.00. The van der Waals surface area contributed by atoms with E-state index in [2.05, 4.69) is 31.1 Å². The second kappa shape index (κ2) is 10.4. The van der Waals surface area contributed by atoms with E-state index >= 15 is 0 Å². The predicted octanol–water partition coefficient (Wildman–Crippen LogP) is 1.73. The van der Waals surface area contributed by atoms with E-state index in [4.69, 9.17) is 4.74 Å². The van der Waals surface area contributed by atoms with E-state index in [-0.39, 0.29) is 0 Å². The maximum atomic E-state index is 5.27. The molecule has 0 amide bonds. The van der Waals surface area contributed by atoms with Gasteiger partial charge in [0.05, 0.1) is 0 Å². The average Bonchev–Trinajstić information content (AvgIpc) is 2.21. The second-order valence-corrected chi connectivity index (χ2v) is 4.23. The van der Waals surface area contributed by atoms with E-state index in [0.717, 1.165) is 32.8 Å². The number of hydrogen-bond acceptors (Lipinski definition) is 3. The van der Waals surface area contributed by atoms with Gasteiger partial charge >= 0.3 is 0 Å². The van der Waals surface area contributed by atoms with E-state index in [0.29, 0.717) is 6.04 Å². The Balaban J connectivity index is 3.05. The number of unbranched alkanes of at least 4 members (excludes halogenated alkanes) is 1. The van der Waals surface area contributed by atoms with E-state index in [1.54, 1.807) is 0 Å². The first-order valence-corrected chi connectivity index (χ1v) is 6.17. The highest BCUT2D eigenvalue weighted by Gasteiger charge is 2.00. The lowest BCUT2D eigenvalue weighted by Crippen LogP contribution is -2.34. The maximum absolute atomic E-state index is 5.27. The molecule has 92 valence electrons. The third-order valence-electron chi connectivity index (χ3n) is 2.62. The first-order valence-electron chi connectivity index (χ1n) is 6.17. The normalized spacial score (nSPS) is 11.6. The van der Waals surface area contributed by atoms with Gasteiger partial charge in [0.25, 0.3) is 0 Å². The molecule has 0 saturated carbocycles. The third kappa shape index (κ3) is 10.2. The van der Waals surface area contributed by atoms with Crippen LogP contribution in [0.5, 0.6) is 0 Å². The van der Waals surface area contributed by atoms with Crippen molar-refractivity contribution in [1.82, 2.24) is 10.2 Å². The van der Waals surface area contributed by atoms with Crippen LogP contribution in [0.1, 0.15) is 33.6 Å². The van der Waals surface area contributed by atoms with Crippen molar-refractivity contribution >= 4 is 0 Å². The minimum Gasteiger partial charge on any atom is -0.382 e. The fourth-order valence-corrected chi connectivity index (χ4v) is 1.24. The number of likely N-dealkylation sites (N-methyl/N-ethyl adjacent to an activating group) is 1. The highest BCUT2D eigenvalue weighted by atomic mass is 16.5. The van der Waals surface area contributed by atoms with Crippen LogP contribution in [-0.4, -0.2) is 50.8 Å². The van der Waals surface area contributed by atoms with Crippen LogP contribution in [0.25, 0.3) is 0 Å². The summed E-state index contributed by atoms with van der Waals surface area (Å²) in [5.41, 5.74) is 0. The molecule has 0 heterocycles. The quantitative estimate of drug-likeness (QED) is 0.563. The molecule has 0 aromatic rings. The smallest absolute Gasteiger partial charge is 0.0466 e. The molecule has 0 aliphatic carbocycles. The van der Waals surface area contributed by atoms with Crippen LogP contribution in [0.15, 0.2) is 0 Å². The minimum atomic E-state index is 0.643. The van der Waals surface area contributed by atoms with Gasteiger partial charge in [0.1, 0.15) is 0 Å². The Labute approximate surface area is 95.2 Å². The second-order valence-electron chi connectivity index (χ2n) is 4.23. The van der Waals surface area contributed by atoms with Gasteiger partial charge in [0.2, 0.25) is 0 Å². The molecule has 0 aliphatic rings. The van der Waals surface area contributed by atoms with Crippen molar-refractivity contribution in [2.24, 2.45) is 0 Å². The number of ether oxygens (including phenoxy) is 1. The van der Waals surface area contributed by atoms with Crippen LogP contribution in [0.2, 0.25) is 0 Å². The van der Waals surface area contributed by atoms with Crippen molar-refractivity contribution in [2.75, 3.05) is 39.9 Å². The SMILES string of the molecule is CCOCCCCNCCN(C)C(C)C. The molecule has 15 heavy (non-hydrogen) atoms. The standard InChI is InChI=1S/C12H28N2O/c1-5-15-11-7-6-8-13-9-10-14(4)12(2)3/h12-13H,5-11H2,1-4H3. The Morgan fingerprint density at radius 2 is 1.93 bits per heavy atom. The van der Waals surface area contributed by atoms with Crippen molar-refractivity contribution in [2.45, 2.75) is 39.7 Å². The molecule has 0 spiro atoms. The van der Waals surface area contributed by atoms with Crippen molar-refractivity contribution in [1.29, 1.82) is 0 Å². The molecule has 0 unspecified atom stereocenters. The third-order valence-corrected chi connectivity index (χ3v) is 2.62. The van der Waals surface area contributed by atoms with Gasteiger partial charge in [-0.2, -0.15) is 0 Å². The van der Waals surface area contributed by atoms with Gasteiger partial charge in [-0.25, -0.2) is 0 Å². The highest BCUT2D eigenvalue weighted by Crippen LogP contribution is 1.91. The van der Waals surface area contributed by atoms with Crippen molar-refractivity contribution < 1.29 is 4.74 Å². The summed E-state index contributed by atoms with van der Waals surface area (Å²) in [7, 11) is 2.17. The number of rotatable bonds is 10. The van der Waals surface area contributed by atoms with Gasteiger partial charge < -0.3 is 15.0 Å². The molecule has 0 radical (unpaired) electrons. The Hall–Kier alpha value is -0.120. The van der Waals surface area contributed by atoms with Crippen molar-refractivity contribution in [3.63, 3.8) is 0 Å². The summed E-state index contributed by atoms with van der Waals surface area (Å²) in [6.07, 6.45) is 2.38. The van der Waals surface area contributed by atoms with Gasteiger partial charge in [-0.15, -0.1) is 0 Å². The predicted molar refractivity (Wildman–Crippen MR) is 66.4 cm³/mol. The number of nitrogens with zero attached hydrogens (tertiary/aromatic N) is 1. The van der Waals surface area contributed by atoms with Crippen molar-refractivity contribution in [3.8, 4) is 0 Å². The summed E-state index contributed by atoms with van der Waals surface area (Å²) >= 11 is 0. The van der Waals surface area contributed by atoms with E-state index in [1.165, 1.54) is 12.8 Å². The molecule has 0 aromatic carbocycles. The molecular formula is C12H28N2O. The van der Waals surface area contributed by atoms with Crippen LogP contribution in [0.3, 0.4) is 0 Å². The lowest BCUT2D eigenvalue weighted by Gasteiger charge is -2.20. The summed E-state index contributed by atoms with van der Waals surface area (Å²) in [5, 5.41) is 3.45. The highest BCUT2D eigenvalue weighted by molar-refractivity contribution is 4.58. The summed E-state index contributed by atoms with van der Waals surface area (Å²) in [4.78, 5) is 2.35. The molecule has 0 saturated heterocycles. The van der Waals surface area contributed by atoms with Gasteiger partial charge in [-0.3, -0.25) is 0 Å². The minimum absolute atomic E-state index is 0.643. The monoisotopic (exact) mass is 216 g/mol. The Morgan fingerprint density at radius 1 is 1.20 bits per heavy atom. The molecule has 0 rings (SSSR count). The van der Waals surface area contributed by atoms with Crippen LogP contribution >= 0.6 is 0 Å². The lowest BCUT2D eigenvalue weighted by atomic mass is 10.3. The van der Waals surface area contributed by atoms with Gasteiger partial charge in [-0.1, -0.05) is 0 Å². The number of hydrogen-bond donors (Lipinski definition) is 1. The summed E-state index contributed by atoms with van der Waals surface area (Å²) in [6.45, 7) is 11.6. The first kappa shape index (κ1) is 14.9. The summed E-state index contributed by atoms with van der Waals surface area (Å²) < 4.78 is 5.27. The van der Waals surface area contributed by atoms with Crippen molar-refractivity contribution in [3.05, 3.63) is 0 Å². The number of nitrogens with one attached hydrogen (secondary N) is 1. The molecule has 0 bridgehead atoms. The zero-order valence-electron chi connectivity index (χ0n) is 10.9. The Kier molecular flexibility index (Phi) is 10.3. The molecule has 0 fully saturated rings. The first-order chi connectivity index (χ1) is 7.18. The van der Waals surface area contributed by atoms with E-state index in [9.17, 15) is 0 Å². The molecule has 0 atom stereocenters. The Bertz CT molecular complexity index is 129. The summed E-state index contributed by atoms with van der Waals surface area (Å²) in [6, 6.07) is 0.643. The van der Waals surface area contributed by atoms with E-state index < -0.39 is 0 Å².